The lowest BCUT2D eigenvalue weighted by atomic mass is 9.94. The molecular weight excluding hydrogens is 401 g/mol. The minimum atomic E-state index is -4.45. The second-order valence-corrected chi connectivity index (χ2v) is 7.10. The van der Waals surface area contributed by atoms with Gasteiger partial charge in [0.15, 0.2) is 0 Å². The molecule has 156 valence electrons. The van der Waals surface area contributed by atoms with Crippen LogP contribution in [0, 0.1) is 10.1 Å². The number of piperidine rings is 1. The zero-order valence-corrected chi connectivity index (χ0v) is 15.7. The van der Waals surface area contributed by atoms with Gasteiger partial charge in [0.05, 0.1) is 16.5 Å². The van der Waals surface area contributed by atoms with Gasteiger partial charge in [-0.3, -0.25) is 19.3 Å². The first-order valence-electron chi connectivity index (χ1n) is 9.37. The quantitative estimate of drug-likeness (QED) is 0.467. The van der Waals surface area contributed by atoms with Crippen LogP contribution in [0.15, 0.2) is 53.5 Å². The smallest absolute Gasteiger partial charge is 0.344 e. The third-order valence-corrected chi connectivity index (χ3v) is 5.27. The van der Waals surface area contributed by atoms with Crippen LogP contribution in [-0.2, 0) is 6.18 Å². The zero-order valence-electron chi connectivity index (χ0n) is 15.7. The van der Waals surface area contributed by atoms with Crippen molar-refractivity contribution >= 4 is 17.2 Å². The Morgan fingerprint density at radius 2 is 1.83 bits per heavy atom. The number of fused-ring (bicyclic) bond motifs is 1. The summed E-state index contributed by atoms with van der Waals surface area (Å²) in [6.45, 7) is 0.405. The Morgan fingerprint density at radius 3 is 2.50 bits per heavy atom. The topological polar surface area (TPSA) is 80.8 Å². The molecule has 1 aliphatic rings. The van der Waals surface area contributed by atoms with Gasteiger partial charge < -0.3 is 4.90 Å². The van der Waals surface area contributed by atoms with Crippen LogP contribution in [0.25, 0.3) is 5.65 Å². The number of anilines is 1. The minimum Gasteiger partial charge on any atom is -0.344 e. The molecule has 0 amide bonds. The third-order valence-electron chi connectivity index (χ3n) is 5.27. The van der Waals surface area contributed by atoms with Gasteiger partial charge in [-0.1, -0.05) is 18.2 Å². The first-order chi connectivity index (χ1) is 14.3. The first kappa shape index (κ1) is 19.9. The molecule has 0 aliphatic carbocycles. The van der Waals surface area contributed by atoms with E-state index in [1.165, 1.54) is 18.3 Å². The van der Waals surface area contributed by atoms with Gasteiger partial charge in [-0.15, -0.1) is 0 Å². The number of rotatable bonds is 3. The molecule has 1 aliphatic heterocycles. The second kappa shape index (κ2) is 7.43. The van der Waals surface area contributed by atoms with Crippen molar-refractivity contribution in [2.75, 3.05) is 11.4 Å². The fourth-order valence-corrected chi connectivity index (χ4v) is 3.85. The molecule has 4 rings (SSSR count). The molecule has 0 N–H and O–H groups in total. The molecule has 0 unspecified atom stereocenters. The highest BCUT2D eigenvalue weighted by Gasteiger charge is 2.35. The monoisotopic (exact) mass is 418 g/mol. The van der Waals surface area contributed by atoms with E-state index in [4.69, 9.17) is 0 Å². The highest BCUT2D eigenvalue weighted by Crippen LogP contribution is 2.38. The molecule has 1 saturated heterocycles. The predicted molar refractivity (Wildman–Crippen MR) is 103 cm³/mol. The number of hydrogen-bond donors (Lipinski definition) is 0. The average Bonchev–Trinajstić information content (AvgIpc) is 2.73. The highest BCUT2D eigenvalue weighted by atomic mass is 19.4. The van der Waals surface area contributed by atoms with Gasteiger partial charge in [-0.2, -0.15) is 13.2 Å². The molecule has 1 aromatic carbocycles. The fourth-order valence-electron chi connectivity index (χ4n) is 3.85. The lowest BCUT2D eigenvalue weighted by Gasteiger charge is -2.36. The normalized spacial score (nSPS) is 17.3. The van der Waals surface area contributed by atoms with Gasteiger partial charge in [0.1, 0.15) is 5.65 Å². The number of benzene rings is 1. The summed E-state index contributed by atoms with van der Waals surface area (Å²) in [7, 11) is 0. The zero-order chi connectivity index (χ0) is 21.5. The van der Waals surface area contributed by atoms with E-state index in [1.54, 1.807) is 23.1 Å². The SMILES string of the molecule is O=c1c([N+](=O)[O-])c(N2CCCC[C@H]2c2ccc(C(F)(F)F)cc2)nc2ccccn12. The van der Waals surface area contributed by atoms with Crippen LogP contribution in [0.1, 0.15) is 36.4 Å². The first-order valence-corrected chi connectivity index (χ1v) is 9.37. The van der Waals surface area contributed by atoms with Crippen molar-refractivity contribution in [2.24, 2.45) is 0 Å². The van der Waals surface area contributed by atoms with Gasteiger partial charge >= 0.3 is 17.4 Å². The molecule has 0 bridgehead atoms. The molecule has 1 fully saturated rings. The van der Waals surface area contributed by atoms with Crippen molar-refractivity contribution in [1.29, 1.82) is 0 Å². The number of nitro groups is 1. The van der Waals surface area contributed by atoms with Crippen molar-refractivity contribution in [1.82, 2.24) is 9.38 Å². The minimum absolute atomic E-state index is 0.0548. The van der Waals surface area contributed by atoms with E-state index in [-0.39, 0.29) is 11.5 Å². The van der Waals surface area contributed by atoms with Crippen LogP contribution < -0.4 is 10.5 Å². The Kier molecular flexibility index (Phi) is 4.92. The predicted octanol–water partition coefficient (Wildman–Crippen LogP) is 4.35. The number of aromatic nitrogens is 2. The Hall–Kier alpha value is -3.43. The van der Waals surface area contributed by atoms with Crippen molar-refractivity contribution < 1.29 is 18.1 Å². The Morgan fingerprint density at radius 1 is 1.10 bits per heavy atom. The molecule has 3 heterocycles. The van der Waals surface area contributed by atoms with Gasteiger partial charge in [-0.05, 0) is 49.1 Å². The average molecular weight is 418 g/mol. The van der Waals surface area contributed by atoms with Crippen LogP contribution in [-0.4, -0.2) is 20.9 Å². The molecule has 1 atom stereocenters. The summed E-state index contributed by atoms with van der Waals surface area (Å²) in [4.78, 5) is 29.8. The summed E-state index contributed by atoms with van der Waals surface area (Å²) < 4.78 is 39.8. The number of halogens is 3. The van der Waals surface area contributed by atoms with Gasteiger partial charge in [-0.25, -0.2) is 4.98 Å². The van der Waals surface area contributed by atoms with Crippen LogP contribution in [0.3, 0.4) is 0 Å². The number of hydrogen-bond acceptors (Lipinski definition) is 5. The summed E-state index contributed by atoms with van der Waals surface area (Å²) >= 11 is 0. The van der Waals surface area contributed by atoms with E-state index in [9.17, 15) is 28.1 Å². The molecule has 30 heavy (non-hydrogen) atoms. The van der Waals surface area contributed by atoms with E-state index >= 15 is 0 Å². The van der Waals surface area contributed by atoms with Gasteiger partial charge in [0, 0.05) is 12.7 Å². The number of alkyl halides is 3. The molecule has 7 nitrogen and oxygen atoms in total. The molecule has 10 heteroatoms. The maximum absolute atomic E-state index is 12.9. The molecule has 0 radical (unpaired) electrons. The van der Waals surface area contributed by atoms with E-state index in [0.29, 0.717) is 18.5 Å². The molecular formula is C20H17F3N4O3. The Balaban J connectivity index is 1.83. The molecule has 0 saturated carbocycles. The van der Waals surface area contributed by atoms with Crippen LogP contribution in [0.4, 0.5) is 24.7 Å². The van der Waals surface area contributed by atoms with E-state index < -0.39 is 34.0 Å². The van der Waals surface area contributed by atoms with Crippen molar-refractivity contribution in [3.63, 3.8) is 0 Å². The number of nitrogens with zero attached hydrogens (tertiary/aromatic N) is 4. The van der Waals surface area contributed by atoms with Crippen molar-refractivity contribution in [3.8, 4) is 0 Å². The largest absolute Gasteiger partial charge is 0.416 e. The lowest BCUT2D eigenvalue weighted by molar-refractivity contribution is -0.385. The molecule has 3 aromatic rings. The summed E-state index contributed by atoms with van der Waals surface area (Å²) in [5, 5.41) is 11.7. The fraction of sp³-hybridized carbons (Fsp3) is 0.300. The van der Waals surface area contributed by atoms with Crippen LogP contribution in [0.5, 0.6) is 0 Å². The van der Waals surface area contributed by atoms with Gasteiger partial charge in [0.25, 0.3) is 0 Å². The van der Waals surface area contributed by atoms with E-state index in [1.807, 2.05) is 0 Å². The van der Waals surface area contributed by atoms with Crippen LogP contribution in [0.2, 0.25) is 0 Å². The summed E-state index contributed by atoms with van der Waals surface area (Å²) in [6, 6.07) is 9.16. The molecule has 0 spiro atoms. The maximum Gasteiger partial charge on any atom is 0.416 e. The van der Waals surface area contributed by atoms with Gasteiger partial charge in [0.2, 0.25) is 5.82 Å². The second-order valence-electron chi connectivity index (χ2n) is 7.10. The summed E-state index contributed by atoms with van der Waals surface area (Å²) in [6.07, 6.45) is -0.922. The standard InChI is InChI=1S/C20H17F3N4O3/c21-20(22,23)14-9-7-13(8-10-14)15-5-1-3-11-25(15)18-17(27(29)30)19(28)26-12-4-2-6-16(26)24-18/h2,4,6-10,12,15H,1,3,5,11H2/t15-/m0/s1. The third kappa shape index (κ3) is 3.49. The van der Waals surface area contributed by atoms with E-state index in [2.05, 4.69) is 4.98 Å². The Labute approximate surface area is 168 Å². The molecule has 2 aromatic heterocycles. The number of pyridine rings is 1. The van der Waals surface area contributed by atoms with E-state index in [0.717, 1.165) is 29.4 Å². The lowest BCUT2D eigenvalue weighted by Crippen LogP contribution is -2.36. The van der Waals surface area contributed by atoms with Crippen molar-refractivity contribution in [2.45, 2.75) is 31.5 Å². The highest BCUT2D eigenvalue weighted by molar-refractivity contribution is 5.62. The summed E-state index contributed by atoms with van der Waals surface area (Å²) in [5.41, 5.74) is -1.34. The van der Waals surface area contributed by atoms with Crippen molar-refractivity contribution in [3.05, 3.63) is 80.3 Å². The van der Waals surface area contributed by atoms with Crippen LogP contribution >= 0.6 is 0 Å². The Bertz CT molecular complexity index is 1160. The summed E-state index contributed by atoms with van der Waals surface area (Å²) in [5.74, 6) is -0.0548. The maximum atomic E-state index is 12.9.